The second-order valence-corrected chi connectivity index (χ2v) is 4.19. The maximum atomic E-state index is 11.6. The van der Waals surface area contributed by atoms with Crippen molar-refractivity contribution < 1.29 is 4.79 Å². The number of hydrogen-bond donors (Lipinski definition) is 1. The molecule has 6 heteroatoms. The van der Waals surface area contributed by atoms with Gasteiger partial charge in [0.1, 0.15) is 19.2 Å². The van der Waals surface area contributed by atoms with Crippen LogP contribution in [-0.4, -0.2) is 26.4 Å². The minimum atomic E-state index is -0.239. The molecule has 0 unspecified atom stereocenters. The molecule has 0 aliphatic heterocycles. The SMILES string of the molecule is C/C(=N\NC(=O)Cn1cncn1)c1ccc(C)cc1. The van der Waals surface area contributed by atoms with Gasteiger partial charge < -0.3 is 0 Å². The van der Waals surface area contributed by atoms with E-state index >= 15 is 0 Å². The summed E-state index contributed by atoms with van der Waals surface area (Å²) in [5, 5.41) is 7.91. The molecule has 1 amide bonds. The van der Waals surface area contributed by atoms with Crippen LogP contribution >= 0.6 is 0 Å². The maximum absolute atomic E-state index is 11.6. The zero-order chi connectivity index (χ0) is 13.7. The van der Waals surface area contributed by atoms with Crippen LogP contribution in [0.5, 0.6) is 0 Å². The molecule has 0 spiro atoms. The van der Waals surface area contributed by atoms with Gasteiger partial charge in [-0.3, -0.25) is 4.79 Å². The number of aryl methyl sites for hydroxylation is 1. The summed E-state index contributed by atoms with van der Waals surface area (Å²) in [7, 11) is 0. The Balaban J connectivity index is 1.94. The fourth-order valence-electron chi connectivity index (χ4n) is 1.50. The van der Waals surface area contributed by atoms with Gasteiger partial charge in [-0.25, -0.2) is 15.1 Å². The number of rotatable bonds is 4. The van der Waals surface area contributed by atoms with Gasteiger partial charge in [-0.15, -0.1) is 0 Å². The third-order valence-corrected chi connectivity index (χ3v) is 2.59. The van der Waals surface area contributed by atoms with Gasteiger partial charge >= 0.3 is 0 Å². The van der Waals surface area contributed by atoms with Crippen LogP contribution in [0.15, 0.2) is 42.0 Å². The van der Waals surface area contributed by atoms with Gasteiger partial charge in [-0.2, -0.15) is 10.2 Å². The Hall–Kier alpha value is -2.50. The van der Waals surface area contributed by atoms with E-state index in [0.29, 0.717) is 0 Å². The standard InChI is InChI=1S/C13H15N5O/c1-10-3-5-12(6-4-10)11(2)16-17-13(19)7-18-9-14-8-15-18/h3-6,8-9H,7H2,1-2H3,(H,17,19)/b16-11+. The van der Waals surface area contributed by atoms with Gasteiger partial charge in [0.25, 0.3) is 5.91 Å². The highest BCUT2D eigenvalue weighted by Gasteiger charge is 2.02. The normalized spacial score (nSPS) is 11.4. The van der Waals surface area contributed by atoms with Crippen LogP contribution < -0.4 is 5.43 Å². The molecular weight excluding hydrogens is 242 g/mol. The van der Waals surface area contributed by atoms with E-state index in [9.17, 15) is 4.79 Å². The Bertz CT molecular complexity index is 572. The number of carbonyl (C=O) groups excluding carboxylic acids is 1. The van der Waals surface area contributed by atoms with Crippen molar-refractivity contribution in [1.29, 1.82) is 0 Å². The van der Waals surface area contributed by atoms with Crippen molar-refractivity contribution in [3.8, 4) is 0 Å². The summed E-state index contributed by atoms with van der Waals surface area (Å²) in [5.74, 6) is -0.239. The molecular formula is C13H15N5O. The molecule has 0 aliphatic rings. The third kappa shape index (κ3) is 3.74. The summed E-state index contributed by atoms with van der Waals surface area (Å²) in [5.41, 5.74) is 5.42. The predicted octanol–water partition coefficient (Wildman–Crippen LogP) is 1.13. The van der Waals surface area contributed by atoms with Crippen LogP contribution in [0, 0.1) is 6.92 Å². The van der Waals surface area contributed by atoms with E-state index in [1.54, 1.807) is 0 Å². The van der Waals surface area contributed by atoms with E-state index in [1.165, 1.54) is 22.9 Å². The van der Waals surface area contributed by atoms with Crippen LogP contribution in [0.2, 0.25) is 0 Å². The molecule has 0 radical (unpaired) electrons. The lowest BCUT2D eigenvalue weighted by Gasteiger charge is -2.03. The smallest absolute Gasteiger partial charge is 0.261 e. The molecule has 1 N–H and O–H groups in total. The maximum Gasteiger partial charge on any atom is 0.261 e. The molecule has 6 nitrogen and oxygen atoms in total. The first-order valence-electron chi connectivity index (χ1n) is 5.88. The van der Waals surface area contributed by atoms with Gasteiger partial charge in [0, 0.05) is 0 Å². The van der Waals surface area contributed by atoms with Gasteiger partial charge in [0.2, 0.25) is 0 Å². The summed E-state index contributed by atoms with van der Waals surface area (Å²) in [6.45, 7) is 3.97. The van der Waals surface area contributed by atoms with Gasteiger partial charge in [-0.05, 0) is 19.4 Å². The zero-order valence-electron chi connectivity index (χ0n) is 10.9. The molecule has 0 saturated carbocycles. The average Bonchev–Trinajstić information content (AvgIpc) is 2.89. The molecule has 98 valence electrons. The monoisotopic (exact) mass is 257 g/mol. The molecule has 0 saturated heterocycles. The number of hydrogen-bond acceptors (Lipinski definition) is 4. The summed E-state index contributed by atoms with van der Waals surface area (Å²) < 4.78 is 1.44. The van der Waals surface area contributed by atoms with Crippen molar-refractivity contribution in [2.24, 2.45) is 5.10 Å². The molecule has 1 aromatic heterocycles. The Morgan fingerprint density at radius 2 is 2.11 bits per heavy atom. The average molecular weight is 257 g/mol. The molecule has 0 atom stereocenters. The first-order valence-corrected chi connectivity index (χ1v) is 5.88. The molecule has 0 aliphatic carbocycles. The summed E-state index contributed by atoms with van der Waals surface area (Å²) >= 11 is 0. The number of hydrazone groups is 1. The number of aromatic nitrogens is 3. The highest BCUT2D eigenvalue weighted by molar-refractivity contribution is 5.99. The summed E-state index contributed by atoms with van der Waals surface area (Å²) in [6, 6.07) is 7.95. The minimum Gasteiger partial charge on any atom is -0.271 e. The first-order chi connectivity index (χ1) is 9.15. The van der Waals surface area contributed by atoms with E-state index in [0.717, 1.165) is 11.3 Å². The van der Waals surface area contributed by atoms with Crippen LogP contribution in [0.4, 0.5) is 0 Å². The third-order valence-electron chi connectivity index (χ3n) is 2.59. The molecule has 0 fully saturated rings. The van der Waals surface area contributed by atoms with Crippen molar-refractivity contribution >= 4 is 11.6 Å². The van der Waals surface area contributed by atoms with Crippen molar-refractivity contribution in [2.75, 3.05) is 0 Å². The predicted molar refractivity (Wildman–Crippen MR) is 71.6 cm³/mol. The highest BCUT2D eigenvalue weighted by atomic mass is 16.2. The summed E-state index contributed by atoms with van der Waals surface area (Å²) in [6.07, 6.45) is 2.87. The summed E-state index contributed by atoms with van der Waals surface area (Å²) in [4.78, 5) is 15.4. The van der Waals surface area contributed by atoms with E-state index in [1.807, 2.05) is 38.1 Å². The number of nitrogens with one attached hydrogen (secondary N) is 1. The zero-order valence-corrected chi connectivity index (χ0v) is 10.9. The lowest BCUT2D eigenvalue weighted by atomic mass is 10.1. The topological polar surface area (TPSA) is 72.2 Å². The second-order valence-electron chi connectivity index (χ2n) is 4.19. The number of nitrogens with zero attached hydrogens (tertiary/aromatic N) is 4. The number of carbonyl (C=O) groups is 1. The van der Waals surface area contributed by atoms with Crippen LogP contribution in [0.1, 0.15) is 18.1 Å². The van der Waals surface area contributed by atoms with Crippen molar-refractivity contribution in [3.05, 3.63) is 48.0 Å². The molecule has 19 heavy (non-hydrogen) atoms. The van der Waals surface area contributed by atoms with Gasteiger partial charge in [0.15, 0.2) is 0 Å². The Kier molecular flexibility index (Phi) is 4.02. The molecule has 2 aromatic rings. The van der Waals surface area contributed by atoms with Crippen molar-refractivity contribution in [2.45, 2.75) is 20.4 Å². The molecule has 1 heterocycles. The van der Waals surface area contributed by atoms with E-state index < -0.39 is 0 Å². The fourth-order valence-corrected chi connectivity index (χ4v) is 1.50. The van der Waals surface area contributed by atoms with Crippen LogP contribution in [0.25, 0.3) is 0 Å². The quantitative estimate of drug-likeness (QED) is 0.659. The Morgan fingerprint density at radius 1 is 1.37 bits per heavy atom. The molecule has 0 bridgehead atoms. The Labute approximate surface area is 111 Å². The Morgan fingerprint density at radius 3 is 2.74 bits per heavy atom. The van der Waals surface area contributed by atoms with E-state index in [-0.39, 0.29) is 12.5 Å². The highest BCUT2D eigenvalue weighted by Crippen LogP contribution is 2.04. The van der Waals surface area contributed by atoms with Crippen LogP contribution in [-0.2, 0) is 11.3 Å². The number of amides is 1. The largest absolute Gasteiger partial charge is 0.271 e. The van der Waals surface area contributed by atoms with Crippen LogP contribution in [0.3, 0.4) is 0 Å². The van der Waals surface area contributed by atoms with Gasteiger partial charge in [0.05, 0.1) is 5.71 Å². The molecule has 1 aromatic carbocycles. The van der Waals surface area contributed by atoms with Crippen molar-refractivity contribution in [3.63, 3.8) is 0 Å². The van der Waals surface area contributed by atoms with Crippen molar-refractivity contribution in [1.82, 2.24) is 20.2 Å². The lowest BCUT2D eigenvalue weighted by Crippen LogP contribution is -2.24. The van der Waals surface area contributed by atoms with E-state index in [2.05, 4.69) is 20.6 Å². The van der Waals surface area contributed by atoms with E-state index in [4.69, 9.17) is 0 Å². The molecule has 2 rings (SSSR count). The first kappa shape index (κ1) is 12.9. The lowest BCUT2D eigenvalue weighted by molar-refractivity contribution is -0.121. The number of benzene rings is 1. The fraction of sp³-hybridized carbons (Fsp3) is 0.231. The second kappa shape index (κ2) is 5.90. The van der Waals surface area contributed by atoms with Gasteiger partial charge in [-0.1, -0.05) is 29.8 Å². The minimum absolute atomic E-state index is 0.102.